The molecule has 0 aromatic rings. The Morgan fingerprint density at radius 2 is 1.00 bits per heavy atom. The van der Waals surface area contributed by atoms with E-state index >= 15 is 0 Å². The molecule has 5 heteroatoms. The first-order chi connectivity index (χ1) is 5.95. The van der Waals surface area contributed by atoms with Crippen molar-refractivity contribution in [1.29, 1.82) is 0 Å². The summed E-state index contributed by atoms with van der Waals surface area (Å²) < 4.78 is 11.5. The van der Waals surface area contributed by atoms with Crippen LogP contribution in [-0.4, -0.2) is 33.1 Å². The quantitative estimate of drug-likeness (QED) is 0.452. The Morgan fingerprint density at radius 3 is 1.15 bits per heavy atom. The van der Waals surface area contributed by atoms with Crippen molar-refractivity contribution < 1.29 is 1.41 Å². The molecule has 0 spiro atoms. The van der Waals surface area contributed by atoms with Gasteiger partial charge in [-0.05, 0) is 0 Å². The average Bonchev–Trinajstić information content (AvgIpc) is 2.17. The zero-order chi connectivity index (χ0) is 10.5. The molecular weight excluding hydrogens is 509 g/mol. The molecule has 0 saturated carbocycles. The van der Waals surface area contributed by atoms with Gasteiger partial charge in [-0.15, -0.1) is 0 Å². The molecule has 0 aromatic heterocycles. The predicted molar refractivity (Wildman–Crippen MR) is 72.4 cm³/mol. The molecule has 0 radical (unpaired) electrons. The molecule has 0 amide bonds. The van der Waals surface area contributed by atoms with Gasteiger partial charge in [0.15, 0.2) is 0 Å². The van der Waals surface area contributed by atoms with Crippen molar-refractivity contribution in [1.82, 2.24) is 0 Å². The second-order valence-corrected chi connectivity index (χ2v) is 45.3. The molecule has 0 saturated heterocycles. The summed E-state index contributed by atoms with van der Waals surface area (Å²) in [6.45, 7) is 9.05. The molecule has 0 aliphatic carbocycles. The molecular formula is C8H20Br2OSn2. The molecule has 0 atom stereocenters. The van der Waals surface area contributed by atoms with E-state index in [1.807, 2.05) is 0 Å². The molecule has 13 heavy (non-hydrogen) atoms. The minimum absolute atomic E-state index is 1.25. The summed E-state index contributed by atoms with van der Waals surface area (Å²) in [6.07, 6.45) is 0. The van der Waals surface area contributed by atoms with E-state index < -0.39 is 33.1 Å². The molecule has 0 aromatic carbocycles. The van der Waals surface area contributed by atoms with Crippen molar-refractivity contribution in [2.24, 2.45) is 0 Å². The molecule has 0 heterocycles. The topological polar surface area (TPSA) is 9.23 Å². The Balaban J connectivity index is 4.36. The van der Waals surface area contributed by atoms with Gasteiger partial charge in [0.1, 0.15) is 0 Å². The summed E-state index contributed by atoms with van der Waals surface area (Å²) in [4.78, 5) is 0. The number of hydrogen-bond donors (Lipinski definition) is 0. The summed E-state index contributed by atoms with van der Waals surface area (Å²) in [5.74, 6) is 0. The summed E-state index contributed by atoms with van der Waals surface area (Å²) >= 11 is 3.31. The van der Waals surface area contributed by atoms with E-state index in [0.717, 1.165) is 0 Å². The van der Waals surface area contributed by atoms with Crippen LogP contribution >= 0.6 is 25.4 Å². The minimum atomic E-state index is -2.26. The molecule has 0 aliphatic heterocycles. The number of halogens is 2. The molecule has 1 nitrogen and oxygen atoms in total. The van der Waals surface area contributed by atoms with Crippen molar-refractivity contribution in [3.05, 3.63) is 0 Å². The Kier molecular flexibility index (Phi) is 8.31. The standard InChI is InChI=1S/4C2H5.2BrH.O.2Sn/c4*1-2;;;;;/h4*1H2,2H3;2*1H;;;/q;;;;;;;2*+1/p-2. The normalized spacial score (nSPS) is 13.4. The SMILES string of the molecule is C[CH2][Sn]([Br])([CH2]C)[O][Sn]([Br])([CH2]C)[CH2]C. The summed E-state index contributed by atoms with van der Waals surface area (Å²) in [5, 5.41) is 0. The van der Waals surface area contributed by atoms with Crippen LogP contribution in [0.4, 0.5) is 0 Å². The number of rotatable bonds is 6. The first kappa shape index (κ1) is 15.5. The first-order valence-corrected chi connectivity index (χ1v) is 28.2. The van der Waals surface area contributed by atoms with E-state index in [4.69, 9.17) is 1.41 Å². The molecule has 0 unspecified atom stereocenters. The van der Waals surface area contributed by atoms with Gasteiger partial charge in [0.2, 0.25) is 0 Å². The Labute approximate surface area is 104 Å². The van der Waals surface area contributed by atoms with Crippen LogP contribution in [0.3, 0.4) is 0 Å². The zero-order valence-electron chi connectivity index (χ0n) is 8.99. The predicted octanol–water partition coefficient (Wildman–Crippen LogP) is 4.76. The first-order valence-electron chi connectivity index (χ1n) is 5.03. The van der Waals surface area contributed by atoms with Crippen molar-refractivity contribution in [3.63, 3.8) is 0 Å². The molecule has 0 rings (SSSR count). The van der Waals surface area contributed by atoms with Crippen LogP contribution in [0.25, 0.3) is 0 Å². The fourth-order valence-corrected chi connectivity index (χ4v) is 68.8. The van der Waals surface area contributed by atoms with E-state index in [-0.39, 0.29) is 0 Å². The van der Waals surface area contributed by atoms with Crippen LogP contribution in [0, 0.1) is 0 Å². The van der Waals surface area contributed by atoms with E-state index in [1.165, 1.54) is 17.7 Å². The van der Waals surface area contributed by atoms with Gasteiger partial charge in [-0.1, -0.05) is 0 Å². The Bertz CT molecular complexity index is 131. The van der Waals surface area contributed by atoms with Gasteiger partial charge in [-0.25, -0.2) is 0 Å². The van der Waals surface area contributed by atoms with Crippen LogP contribution < -0.4 is 0 Å². The molecule has 0 bridgehead atoms. The Hall–Kier alpha value is 2.52. The van der Waals surface area contributed by atoms with Gasteiger partial charge in [0, 0.05) is 0 Å². The van der Waals surface area contributed by atoms with E-state index in [1.54, 1.807) is 0 Å². The van der Waals surface area contributed by atoms with Crippen LogP contribution in [0.15, 0.2) is 0 Å². The van der Waals surface area contributed by atoms with Gasteiger partial charge < -0.3 is 0 Å². The van der Waals surface area contributed by atoms with Crippen molar-refractivity contribution >= 4 is 58.5 Å². The molecule has 0 N–H and O–H groups in total. The summed E-state index contributed by atoms with van der Waals surface area (Å²) in [7, 11) is 0. The van der Waals surface area contributed by atoms with Crippen LogP contribution in [0.2, 0.25) is 17.7 Å². The van der Waals surface area contributed by atoms with Crippen LogP contribution in [0.5, 0.6) is 0 Å². The van der Waals surface area contributed by atoms with Crippen LogP contribution in [0.1, 0.15) is 27.7 Å². The van der Waals surface area contributed by atoms with Gasteiger partial charge in [-0.2, -0.15) is 0 Å². The van der Waals surface area contributed by atoms with Crippen molar-refractivity contribution in [3.8, 4) is 0 Å². The van der Waals surface area contributed by atoms with Gasteiger partial charge in [0.25, 0.3) is 0 Å². The molecule has 0 aliphatic rings. The fraction of sp³-hybridized carbons (Fsp3) is 1.00. The summed E-state index contributed by atoms with van der Waals surface area (Å²) in [6, 6.07) is 0. The summed E-state index contributed by atoms with van der Waals surface area (Å²) in [5.41, 5.74) is 0. The van der Waals surface area contributed by atoms with Crippen molar-refractivity contribution in [2.45, 2.75) is 45.4 Å². The molecule has 80 valence electrons. The van der Waals surface area contributed by atoms with Gasteiger partial charge >= 0.3 is 105 Å². The second-order valence-electron chi connectivity index (χ2n) is 3.28. The molecule has 0 fully saturated rings. The third-order valence-corrected chi connectivity index (χ3v) is 60.2. The van der Waals surface area contributed by atoms with E-state index in [9.17, 15) is 0 Å². The van der Waals surface area contributed by atoms with Crippen molar-refractivity contribution in [2.75, 3.05) is 0 Å². The van der Waals surface area contributed by atoms with Crippen LogP contribution in [-0.2, 0) is 1.41 Å². The maximum atomic E-state index is 6.48. The van der Waals surface area contributed by atoms with E-state index in [0.29, 0.717) is 0 Å². The monoisotopic (exact) mass is 530 g/mol. The van der Waals surface area contributed by atoms with Gasteiger partial charge in [0.05, 0.1) is 0 Å². The van der Waals surface area contributed by atoms with Gasteiger partial charge in [-0.3, -0.25) is 0 Å². The second kappa shape index (κ2) is 6.96. The third kappa shape index (κ3) is 5.40. The Morgan fingerprint density at radius 1 is 0.769 bits per heavy atom. The maximum absolute atomic E-state index is 6.48. The third-order valence-electron chi connectivity index (χ3n) is 2.48. The number of hydrogen-bond acceptors (Lipinski definition) is 1. The van der Waals surface area contributed by atoms with E-state index in [2.05, 4.69) is 53.1 Å². The zero-order valence-corrected chi connectivity index (χ0v) is 17.9. The average molecular weight is 529 g/mol. The fourth-order valence-electron chi connectivity index (χ4n) is 1.12.